The second kappa shape index (κ2) is 7.60. The Kier molecular flexibility index (Phi) is 5.01. The number of likely N-dealkylation sites (tertiary alicyclic amines) is 1. The van der Waals surface area contributed by atoms with Gasteiger partial charge in [0, 0.05) is 36.8 Å². The Morgan fingerprint density at radius 1 is 1.21 bits per heavy atom. The van der Waals surface area contributed by atoms with Gasteiger partial charge in [-0.2, -0.15) is 0 Å². The molecule has 0 aliphatic carbocycles. The van der Waals surface area contributed by atoms with Gasteiger partial charge < -0.3 is 14.5 Å². The minimum absolute atomic E-state index is 0.0677. The van der Waals surface area contributed by atoms with Crippen molar-refractivity contribution in [2.75, 3.05) is 34.3 Å². The molecule has 0 N–H and O–H groups in total. The van der Waals surface area contributed by atoms with E-state index in [1.54, 1.807) is 13.3 Å². The molecule has 5 heteroatoms. The zero-order valence-electron chi connectivity index (χ0n) is 16.6. The fourth-order valence-electron chi connectivity index (χ4n) is 3.98. The Balaban J connectivity index is 1.70. The number of likely N-dealkylation sites (N-methyl/N-ethyl adjacent to an activating group) is 2. The number of methoxy groups -OCH3 is 1. The van der Waals surface area contributed by atoms with Crippen LogP contribution in [0.1, 0.15) is 16.8 Å². The SMILES string of the molecule is COc1ccc(-c2cccc(C(=O)N(C)C3CCN(C)C3)c2)c2cccnc12. The van der Waals surface area contributed by atoms with Crippen LogP contribution in [-0.4, -0.2) is 61.0 Å². The molecule has 1 aliphatic heterocycles. The second-order valence-electron chi connectivity index (χ2n) is 7.42. The summed E-state index contributed by atoms with van der Waals surface area (Å²) < 4.78 is 5.45. The van der Waals surface area contributed by atoms with Gasteiger partial charge in [-0.3, -0.25) is 9.78 Å². The number of benzene rings is 2. The molecule has 0 bridgehead atoms. The first-order valence-corrected chi connectivity index (χ1v) is 9.56. The molecule has 28 heavy (non-hydrogen) atoms. The topological polar surface area (TPSA) is 45.7 Å². The molecule has 2 heterocycles. The Morgan fingerprint density at radius 2 is 2.07 bits per heavy atom. The smallest absolute Gasteiger partial charge is 0.253 e. The summed E-state index contributed by atoms with van der Waals surface area (Å²) in [5, 5.41) is 1.01. The third-order valence-corrected chi connectivity index (χ3v) is 5.61. The molecule has 5 nitrogen and oxygen atoms in total. The molecule has 0 spiro atoms. The monoisotopic (exact) mass is 375 g/mol. The standard InChI is InChI=1S/C23H25N3O2/c1-25-13-11-18(15-25)26(2)23(27)17-7-4-6-16(14-17)19-9-10-21(28-3)22-20(19)8-5-12-24-22/h4-10,12,14,18H,11,13,15H2,1-3H3. The summed E-state index contributed by atoms with van der Waals surface area (Å²) in [6.45, 7) is 1.96. The largest absolute Gasteiger partial charge is 0.494 e. The lowest BCUT2D eigenvalue weighted by atomic mass is 9.98. The first-order valence-electron chi connectivity index (χ1n) is 9.56. The highest BCUT2D eigenvalue weighted by atomic mass is 16.5. The van der Waals surface area contributed by atoms with Crippen LogP contribution in [0.5, 0.6) is 5.75 Å². The summed E-state index contributed by atoms with van der Waals surface area (Å²) in [4.78, 5) is 21.7. The molecule has 0 saturated carbocycles. The van der Waals surface area contributed by atoms with Crippen molar-refractivity contribution in [1.82, 2.24) is 14.8 Å². The van der Waals surface area contributed by atoms with Gasteiger partial charge in [-0.05, 0) is 61.5 Å². The summed E-state index contributed by atoms with van der Waals surface area (Å²) in [6, 6.07) is 16.0. The van der Waals surface area contributed by atoms with Crippen LogP contribution in [0.4, 0.5) is 0 Å². The van der Waals surface area contributed by atoms with Crippen molar-refractivity contribution in [2.45, 2.75) is 12.5 Å². The highest BCUT2D eigenvalue weighted by Crippen LogP contribution is 2.33. The molecule has 1 saturated heterocycles. The molecule has 0 radical (unpaired) electrons. The highest BCUT2D eigenvalue weighted by molar-refractivity contribution is 6.00. The maximum absolute atomic E-state index is 13.1. The Labute approximate surface area is 165 Å². The lowest BCUT2D eigenvalue weighted by Crippen LogP contribution is -2.38. The third kappa shape index (κ3) is 3.34. The molecule has 1 aromatic heterocycles. The third-order valence-electron chi connectivity index (χ3n) is 5.61. The number of hydrogen-bond donors (Lipinski definition) is 0. The van der Waals surface area contributed by atoms with Gasteiger partial charge in [0.2, 0.25) is 0 Å². The van der Waals surface area contributed by atoms with E-state index in [1.165, 1.54) is 0 Å². The Hall–Kier alpha value is -2.92. The molecule has 1 aliphatic rings. The number of nitrogens with zero attached hydrogens (tertiary/aromatic N) is 3. The van der Waals surface area contributed by atoms with Crippen LogP contribution in [0.25, 0.3) is 22.0 Å². The maximum Gasteiger partial charge on any atom is 0.253 e. The van der Waals surface area contributed by atoms with Gasteiger partial charge in [0.25, 0.3) is 5.91 Å². The Bertz CT molecular complexity index is 1020. The molecule has 1 atom stereocenters. The lowest BCUT2D eigenvalue weighted by molar-refractivity contribution is 0.0737. The molecule has 1 unspecified atom stereocenters. The van der Waals surface area contributed by atoms with Crippen molar-refractivity contribution < 1.29 is 9.53 Å². The van der Waals surface area contributed by atoms with Gasteiger partial charge in [0.05, 0.1) is 7.11 Å². The van der Waals surface area contributed by atoms with Crippen LogP contribution in [0.15, 0.2) is 54.7 Å². The van der Waals surface area contributed by atoms with Gasteiger partial charge in [-0.15, -0.1) is 0 Å². The summed E-state index contributed by atoms with van der Waals surface area (Å²) in [7, 11) is 5.66. The predicted octanol–water partition coefficient (Wildman–Crippen LogP) is 3.69. The van der Waals surface area contributed by atoms with E-state index in [-0.39, 0.29) is 11.9 Å². The van der Waals surface area contributed by atoms with Crippen LogP contribution in [-0.2, 0) is 0 Å². The molecule has 144 valence electrons. The number of carbonyl (C=O) groups is 1. The van der Waals surface area contributed by atoms with E-state index in [0.29, 0.717) is 5.56 Å². The summed E-state index contributed by atoms with van der Waals surface area (Å²) in [6.07, 6.45) is 2.79. The predicted molar refractivity (Wildman–Crippen MR) is 112 cm³/mol. The summed E-state index contributed by atoms with van der Waals surface area (Å²) >= 11 is 0. The first kappa shape index (κ1) is 18.4. The van der Waals surface area contributed by atoms with Crippen LogP contribution in [0.2, 0.25) is 0 Å². The van der Waals surface area contributed by atoms with Gasteiger partial charge in [0.15, 0.2) is 0 Å². The number of rotatable bonds is 4. The van der Waals surface area contributed by atoms with E-state index in [9.17, 15) is 4.79 Å². The van der Waals surface area contributed by atoms with E-state index in [2.05, 4.69) is 16.9 Å². The number of hydrogen-bond acceptors (Lipinski definition) is 4. The minimum atomic E-state index is 0.0677. The van der Waals surface area contributed by atoms with Crippen molar-refractivity contribution in [3.63, 3.8) is 0 Å². The minimum Gasteiger partial charge on any atom is -0.494 e. The lowest BCUT2D eigenvalue weighted by Gasteiger charge is -2.24. The molecule has 3 aromatic rings. The van der Waals surface area contributed by atoms with Crippen LogP contribution in [0, 0.1) is 0 Å². The van der Waals surface area contributed by atoms with E-state index in [0.717, 1.165) is 47.3 Å². The quantitative estimate of drug-likeness (QED) is 0.698. The van der Waals surface area contributed by atoms with Crippen molar-refractivity contribution >= 4 is 16.8 Å². The van der Waals surface area contributed by atoms with Crippen LogP contribution >= 0.6 is 0 Å². The van der Waals surface area contributed by atoms with Crippen LogP contribution in [0.3, 0.4) is 0 Å². The number of carbonyl (C=O) groups excluding carboxylic acids is 1. The van der Waals surface area contributed by atoms with Crippen molar-refractivity contribution in [1.29, 1.82) is 0 Å². The highest BCUT2D eigenvalue weighted by Gasteiger charge is 2.27. The van der Waals surface area contributed by atoms with Crippen LogP contribution < -0.4 is 4.74 Å². The maximum atomic E-state index is 13.1. The summed E-state index contributed by atoms with van der Waals surface area (Å²) in [5.41, 5.74) is 3.58. The number of ether oxygens (including phenoxy) is 1. The first-order chi connectivity index (χ1) is 13.6. The molecule has 1 amide bonds. The van der Waals surface area contributed by atoms with Gasteiger partial charge in [0.1, 0.15) is 11.3 Å². The number of pyridine rings is 1. The summed E-state index contributed by atoms with van der Waals surface area (Å²) in [5.74, 6) is 0.815. The zero-order chi connectivity index (χ0) is 19.7. The number of aromatic nitrogens is 1. The Morgan fingerprint density at radius 3 is 2.82 bits per heavy atom. The van der Waals surface area contributed by atoms with Gasteiger partial charge in [-0.1, -0.05) is 18.2 Å². The van der Waals surface area contributed by atoms with Crippen molar-refractivity contribution in [3.8, 4) is 16.9 Å². The fourth-order valence-corrected chi connectivity index (χ4v) is 3.98. The van der Waals surface area contributed by atoms with E-state index in [4.69, 9.17) is 4.74 Å². The number of fused-ring (bicyclic) bond motifs is 1. The molecule has 2 aromatic carbocycles. The van der Waals surface area contributed by atoms with E-state index < -0.39 is 0 Å². The zero-order valence-corrected chi connectivity index (χ0v) is 16.6. The molecule has 1 fully saturated rings. The van der Waals surface area contributed by atoms with E-state index in [1.807, 2.05) is 60.5 Å². The number of amides is 1. The average molecular weight is 375 g/mol. The fraction of sp³-hybridized carbons (Fsp3) is 0.304. The van der Waals surface area contributed by atoms with Crippen molar-refractivity contribution in [3.05, 3.63) is 60.3 Å². The van der Waals surface area contributed by atoms with E-state index >= 15 is 0 Å². The normalized spacial score (nSPS) is 17.0. The molecular formula is C23H25N3O2. The molecular weight excluding hydrogens is 350 g/mol. The van der Waals surface area contributed by atoms with Gasteiger partial charge in [-0.25, -0.2) is 0 Å². The average Bonchev–Trinajstić information content (AvgIpc) is 3.18. The molecule has 4 rings (SSSR count). The second-order valence-corrected chi connectivity index (χ2v) is 7.42. The van der Waals surface area contributed by atoms with Crippen molar-refractivity contribution in [2.24, 2.45) is 0 Å². The van der Waals surface area contributed by atoms with Gasteiger partial charge >= 0.3 is 0 Å².